The molecule has 20 heavy (non-hydrogen) atoms. The fourth-order valence-corrected chi connectivity index (χ4v) is 3.06. The first-order valence-corrected chi connectivity index (χ1v) is 7.22. The Bertz CT molecular complexity index is 476. The van der Waals surface area contributed by atoms with Crippen molar-refractivity contribution >= 4 is 11.4 Å². The third kappa shape index (κ3) is 3.28. The number of hydrogen-bond donors (Lipinski definition) is 2. The molecule has 2 unspecified atom stereocenters. The van der Waals surface area contributed by atoms with Crippen molar-refractivity contribution in [3.63, 3.8) is 0 Å². The van der Waals surface area contributed by atoms with E-state index in [4.69, 9.17) is 0 Å². The number of rotatable bonds is 5. The van der Waals surface area contributed by atoms with Crippen LogP contribution in [0.3, 0.4) is 0 Å². The molecule has 2 atom stereocenters. The van der Waals surface area contributed by atoms with Crippen molar-refractivity contribution < 1.29 is 10.0 Å². The number of nitro groups is 1. The Hall–Kier alpha value is -1.62. The van der Waals surface area contributed by atoms with E-state index in [1.165, 1.54) is 18.9 Å². The van der Waals surface area contributed by atoms with Gasteiger partial charge in [0, 0.05) is 19.2 Å². The van der Waals surface area contributed by atoms with E-state index in [0.717, 1.165) is 18.4 Å². The molecule has 0 aliphatic heterocycles. The lowest BCUT2D eigenvalue weighted by Gasteiger charge is -2.30. The van der Waals surface area contributed by atoms with Gasteiger partial charge in [-0.15, -0.1) is 0 Å². The number of aliphatic hydroxyl groups excluding tert-OH is 1. The molecule has 2 rings (SSSR count). The van der Waals surface area contributed by atoms with Gasteiger partial charge in [-0.05, 0) is 37.2 Å². The summed E-state index contributed by atoms with van der Waals surface area (Å²) < 4.78 is 0. The fraction of sp³-hybridized carbons (Fsp3) is 0.600. The van der Waals surface area contributed by atoms with Crippen LogP contribution < -0.4 is 5.32 Å². The van der Waals surface area contributed by atoms with E-state index in [1.54, 1.807) is 6.07 Å². The molecule has 110 valence electrons. The van der Waals surface area contributed by atoms with Crippen LogP contribution in [0.15, 0.2) is 18.2 Å². The van der Waals surface area contributed by atoms with Gasteiger partial charge >= 0.3 is 0 Å². The molecule has 1 aromatic rings. The van der Waals surface area contributed by atoms with Crippen LogP contribution in [0.2, 0.25) is 0 Å². The van der Waals surface area contributed by atoms with Crippen molar-refractivity contribution in [3.05, 3.63) is 33.9 Å². The second-order valence-electron chi connectivity index (χ2n) is 5.59. The molecule has 0 amide bonds. The molecule has 0 heterocycles. The SMILES string of the molecule is Cc1cccc([N+](=O)[O-])c1NCC1CCCCC1CO. The molecule has 5 heteroatoms. The van der Waals surface area contributed by atoms with Gasteiger partial charge in [-0.25, -0.2) is 0 Å². The number of nitrogens with one attached hydrogen (secondary N) is 1. The van der Waals surface area contributed by atoms with Crippen LogP contribution in [0.5, 0.6) is 0 Å². The van der Waals surface area contributed by atoms with E-state index >= 15 is 0 Å². The molecule has 0 saturated heterocycles. The predicted octanol–water partition coefficient (Wildman–Crippen LogP) is 3.11. The van der Waals surface area contributed by atoms with E-state index in [0.29, 0.717) is 24.1 Å². The van der Waals surface area contributed by atoms with Crippen LogP contribution in [-0.2, 0) is 0 Å². The Morgan fingerprint density at radius 3 is 2.70 bits per heavy atom. The number of aliphatic hydroxyl groups is 1. The lowest BCUT2D eigenvalue weighted by atomic mass is 9.79. The van der Waals surface area contributed by atoms with Crippen LogP contribution in [-0.4, -0.2) is 23.2 Å². The maximum atomic E-state index is 11.1. The number of nitro benzene ring substituents is 1. The van der Waals surface area contributed by atoms with Crippen molar-refractivity contribution in [1.82, 2.24) is 0 Å². The highest BCUT2D eigenvalue weighted by Crippen LogP contribution is 2.32. The molecule has 1 aliphatic carbocycles. The van der Waals surface area contributed by atoms with E-state index in [1.807, 2.05) is 13.0 Å². The summed E-state index contributed by atoms with van der Waals surface area (Å²) >= 11 is 0. The van der Waals surface area contributed by atoms with Crippen molar-refractivity contribution in [2.75, 3.05) is 18.5 Å². The smallest absolute Gasteiger partial charge is 0.292 e. The minimum Gasteiger partial charge on any atom is -0.396 e. The normalized spacial score (nSPS) is 22.5. The molecule has 1 aromatic carbocycles. The van der Waals surface area contributed by atoms with Crippen LogP contribution in [0, 0.1) is 28.9 Å². The number of para-hydroxylation sites is 1. The van der Waals surface area contributed by atoms with Crippen LogP contribution in [0.4, 0.5) is 11.4 Å². The number of aryl methyl sites for hydroxylation is 1. The van der Waals surface area contributed by atoms with E-state index in [2.05, 4.69) is 5.32 Å². The quantitative estimate of drug-likeness (QED) is 0.641. The van der Waals surface area contributed by atoms with Gasteiger partial charge in [0.05, 0.1) is 4.92 Å². The Morgan fingerprint density at radius 1 is 1.35 bits per heavy atom. The van der Waals surface area contributed by atoms with Gasteiger partial charge < -0.3 is 10.4 Å². The van der Waals surface area contributed by atoms with Crippen molar-refractivity contribution in [2.24, 2.45) is 11.8 Å². The summed E-state index contributed by atoms with van der Waals surface area (Å²) in [5.74, 6) is 0.715. The van der Waals surface area contributed by atoms with Gasteiger partial charge in [-0.2, -0.15) is 0 Å². The molecular weight excluding hydrogens is 256 g/mol. The highest BCUT2D eigenvalue weighted by molar-refractivity contribution is 5.65. The van der Waals surface area contributed by atoms with Gasteiger partial charge in [0.15, 0.2) is 0 Å². The van der Waals surface area contributed by atoms with Gasteiger partial charge in [0.2, 0.25) is 0 Å². The molecule has 1 fully saturated rings. The average molecular weight is 278 g/mol. The first-order chi connectivity index (χ1) is 9.63. The largest absolute Gasteiger partial charge is 0.396 e. The van der Waals surface area contributed by atoms with Gasteiger partial charge in [-0.3, -0.25) is 10.1 Å². The Morgan fingerprint density at radius 2 is 2.05 bits per heavy atom. The maximum Gasteiger partial charge on any atom is 0.292 e. The third-order valence-electron chi connectivity index (χ3n) is 4.29. The molecule has 2 N–H and O–H groups in total. The summed E-state index contributed by atoms with van der Waals surface area (Å²) in [4.78, 5) is 10.7. The number of nitrogens with zero attached hydrogens (tertiary/aromatic N) is 1. The van der Waals surface area contributed by atoms with E-state index in [9.17, 15) is 15.2 Å². The summed E-state index contributed by atoms with van der Waals surface area (Å²) in [7, 11) is 0. The van der Waals surface area contributed by atoms with Crippen molar-refractivity contribution in [1.29, 1.82) is 0 Å². The topological polar surface area (TPSA) is 75.4 Å². The van der Waals surface area contributed by atoms with Crippen molar-refractivity contribution in [2.45, 2.75) is 32.6 Å². The Labute approximate surface area is 119 Å². The molecule has 5 nitrogen and oxygen atoms in total. The lowest BCUT2D eigenvalue weighted by molar-refractivity contribution is -0.384. The molecule has 1 saturated carbocycles. The second kappa shape index (κ2) is 6.70. The van der Waals surface area contributed by atoms with Crippen LogP contribution in [0.25, 0.3) is 0 Å². The van der Waals surface area contributed by atoms with Gasteiger partial charge in [-0.1, -0.05) is 25.0 Å². The fourth-order valence-electron chi connectivity index (χ4n) is 3.06. The monoisotopic (exact) mass is 278 g/mol. The summed E-state index contributed by atoms with van der Waals surface area (Å²) in [5.41, 5.74) is 1.62. The summed E-state index contributed by atoms with van der Waals surface area (Å²) in [6.07, 6.45) is 4.49. The van der Waals surface area contributed by atoms with E-state index in [-0.39, 0.29) is 17.2 Å². The summed E-state index contributed by atoms with van der Waals surface area (Å²) in [6.45, 7) is 2.78. The molecule has 1 aliphatic rings. The number of anilines is 1. The molecular formula is C15H22N2O3. The maximum absolute atomic E-state index is 11.1. The minimum absolute atomic E-state index is 0.126. The highest BCUT2D eigenvalue weighted by atomic mass is 16.6. The first-order valence-electron chi connectivity index (χ1n) is 7.22. The summed E-state index contributed by atoms with van der Waals surface area (Å²) in [5, 5.41) is 23.7. The first kappa shape index (κ1) is 14.8. The minimum atomic E-state index is -0.347. The average Bonchev–Trinajstić information content (AvgIpc) is 2.46. The van der Waals surface area contributed by atoms with Crippen molar-refractivity contribution in [3.8, 4) is 0 Å². The predicted molar refractivity (Wildman–Crippen MR) is 78.9 cm³/mol. The van der Waals surface area contributed by atoms with Gasteiger partial charge in [0.25, 0.3) is 5.69 Å². The molecule has 0 aromatic heterocycles. The molecule has 0 spiro atoms. The Balaban J connectivity index is 2.08. The molecule has 0 bridgehead atoms. The van der Waals surface area contributed by atoms with Gasteiger partial charge in [0.1, 0.15) is 5.69 Å². The lowest BCUT2D eigenvalue weighted by Crippen LogP contribution is -2.28. The second-order valence-corrected chi connectivity index (χ2v) is 5.59. The van der Waals surface area contributed by atoms with Crippen LogP contribution >= 0.6 is 0 Å². The highest BCUT2D eigenvalue weighted by Gasteiger charge is 2.25. The zero-order valence-electron chi connectivity index (χ0n) is 11.8. The number of benzene rings is 1. The van der Waals surface area contributed by atoms with E-state index < -0.39 is 0 Å². The zero-order valence-corrected chi connectivity index (χ0v) is 11.8. The van der Waals surface area contributed by atoms with Crippen LogP contribution in [0.1, 0.15) is 31.2 Å². The Kier molecular flexibility index (Phi) is 4.95. The number of hydrogen-bond acceptors (Lipinski definition) is 4. The third-order valence-corrected chi connectivity index (χ3v) is 4.29. The summed E-state index contributed by atoms with van der Waals surface area (Å²) in [6, 6.07) is 5.11. The molecule has 0 radical (unpaired) electrons. The standard InChI is InChI=1S/C15H22N2O3/c1-11-5-4-8-14(17(19)20)15(11)16-9-12-6-2-3-7-13(12)10-18/h4-5,8,12-13,16,18H,2-3,6-7,9-10H2,1H3. The zero-order chi connectivity index (χ0) is 14.5.